The van der Waals surface area contributed by atoms with Crippen molar-refractivity contribution in [2.45, 2.75) is 19.9 Å². The summed E-state index contributed by atoms with van der Waals surface area (Å²) >= 11 is 7.84. The Hall–Kier alpha value is -1.03. The summed E-state index contributed by atoms with van der Waals surface area (Å²) < 4.78 is 5.69. The molecule has 2 rings (SSSR count). The average Bonchev–Trinajstić information content (AvgIpc) is 2.92. The lowest BCUT2D eigenvalue weighted by atomic mass is 10.2. The van der Waals surface area contributed by atoms with Gasteiger partial charge in [0.15, 0.2) is 0 Å². The zero-order chi connectivity index (χ0) is 13.7. The molecule has 2 nitrogen and oxygen atoms in total. The molecule has 1 aromatic carbocycles. The number of nitrogens with one attached hydrogen (secondary N) is 1. The molecule has 0 bridgehead atoms. The van der Waals surface area contributed by atoms with E-state index in [2.05, 4.69) is 29.8 Å². The van der Waals surface area contributed by atoms with Gasteiger partial charge in [-0.2, -0.15) is 0 Å². The van der Waals surface area contributed by atoms with Crippen LogP contribution in [0.2, 0.25) is 5.02 Å². The number of thiophene rings is 1. The number of hydrogen-bond donors (Lipinski definition) is 1. The Bertz CT molecular complexity index is 513. The summed E-state index contributed by atoms with van der Waals surface area (Å²) in [6.45, 7) is 5.59. The molecule has 0 radical (unpaired) electrons. The van der Waals surface area contributed by atoms with Gasteiger partial charge in [0.05, 0.1) is 5.02 Å². The molecule has 4 heteroatoms. The zero-order valence-electron chi connectivity index (χ0n) is 11.2. The van der Waals surface area contributed by atoms with E-state index in [-0.39, 0.29) is 0 Å². The van der Waals surface area contributed by atoms with Crippen LogP contribution in [-0.2, 0) is 0 Å². The minimum absolute atomic E-state index is 0.358. The summed E-state index contributed by atoms with van der Waals surface area (Å²) in [6, 6.07) is 10.4. The van der Waals surface area contributed by atoms with E-state index in [1.807, 2.05) is 25.1 Å². The zero-order valence-corrected chi connectivity index (χ0v) is 12.7. The molecule has 0 saturated heterocycles. The van der Waals surface area contributed by atoms with Crippen molar-refractivity contribution in [3.63, 3.8) is 0 Å². The molecule has 0 aliphatic carbocycles. The van der Waals surface area contributed by atoms with Crippen LogP contribution in [0.15, 0.2) is 35.7 Å². The van der Waals surface area contributed by atoms with Gasteiger partial charge in [-0.3, -0.25) is 0 Å². The highest BCUT2D eigenvalue weighted by Gasteiger charge is 2.05. The van der Waals surface area contributed by atoms with Crippen molar-refractivity contribution in [1.82, 2.24) is 5.32 Å². The van der Waals surface area contributed by atoms with Gasteiger partial charge in [-0.15, -0.1) is 11.3 Å². The molecule has 1 heterocycles. The van der Waals surface area contributed by atoms with Crippen LogP contribution >= 0.6 is 22.9 Å². The largest absolute Gasteiger partial charge is 0.491 e. The highest BCUT2D eigenvalue weighted by Crippen LogP contribution is 2.25. The molecule has 19 heavy (non-hydrogen) atoms. The Labute approximate surface area is 123 Å². The molecule has 0 aliphatic rings. The number of ether oxygens (including phenoxy) is 1. The predicted octanol–water partition coefficient (Wildman–Crippen LogP) is 4.44. The Balaban J connectivity index is 1.76. The molecule has 1 atom stereocenters. The number of halogens is 1. The maximum Gasteiger partial charge on any atom is 0.138 e. The van der Waals surface area contributed by atoms with Crippen molar-refractivity contribution >= 4 is 22.9 Å². The highest BCUT2D eigenvalue weighted by atomic mass is 35.5. The van der Waals surface area contributed by atoms with E-state index in [1.54, 1.807) is 11.3 Å². The van der Waals surface area contributed by atoms with Crippen LogP contribution in [0.25, 0.3) is 0 Å². The first-order chi connectivity index (χ1) is 9.16. The SMILES string of the molecule is Cc1ccc(Cl)c(OCCNC(C)c2cccs2)c1. The summed E-state index contributed by atoms with van der Waals surface area (Å²) in [4.78, 5) is 1.34. The Morgan fingerprint density at radius 2 is 2.21 bits per heavy atom. The van der Waals surface area contributed by atoms with Crippen LogP contribution in [0, 0.1) is 6.92 Å². The molecule has 0 spiro atoms. The lowest BCUT2D eigenvalue weighted by molar-refractivity contribution is 0.308. The van der Waals surface area contributed by atoms with Crippen molar-refractivity contribution in [3.05, 3.63) is 51.2 Å². The molecule has 0 aliphatic heterocycles. The van der Waals surface area contributed by atoms with Crippen molar-refractivity contribution in [1.29, 1.82) is 0 Å². The second-order valence-electron chi connectivity index (χ2n) is 4.47. The molecule has 0 saturated carbocycles. The molecule has 102 valence electrons. The summed E-state index contributed by atoms with van der Waals surface area (Å²) in [5.41, 5.74) is 1.15. The summed E-state index contributed by atoms with van der Waals surface area (Å²) in [7, 11) is 0. The van der Waals surface area contributed by atoms with Crippen LogP contribution in [-0.4, -0.2) is 13.2 Å². The maximum absolute atomic E-state index is 6.08. The van der Waals surface area contributed by atoms with Gasteiger partial charge in [-0.05, 0) is 43.0 Å². The third-order valence-corrected chi connectivity index (χ3v) is 4.23. The number of aryl methyl sites for hydroxylation is 1. The molecule has 1 aromatic heterocycles. The lowest BCUT2D eigenvalue weighted by Gasteiger charge is -2.13. The topological polar surface area (TPSA) is 21.3 Å². The second-order valence-corrected chi connectivity index (χ2v) is 5.86. The van der Waals surface area contributed by atoms with Crippen LogP contribution in [0.3, 0.4) is 0 Å². The summed E-state index contributed by atoms with van der Waals surface area (Å²) in [5, 5.41) is 6.19. The quantitative estimate of drug-likeness (QED) is 0.796. The van der Waals surface area contributed by atoms with Crippen molar-refractivity contribution in [2.75, 3.05) is 13.2 Å². The monoisotopic (exact) mass is 295 g/mol. The Morgan fingerprint density at radius 3 is 2.95 bits per heavy atom. The fourth-order valence-electron chi connectivity index (χ4n) is 1.80. The summed E-state index contributed by atoms with van der Waals surface area (Å²) in [5.74, 6) is 0.757. The molecule has 2 aromatic rings. The fourth-order valence-corrected chi connectivity index (χ4v) is 2.73. The Kier molecular flexibility index (Phi) is 5.25. The minimum atomic E-state index is 0.358. The molecule has 1 N–H and O–H groups in total. The van der Waals surface area contributed by atoms with Crippen LogP contribution in [0.5, 0.6) is 5.75 Å². The lowest BCUT2D eigenvalue weighted by Crippen LogP contribution is -2.23. The molecular weight excluding hydrogens is 278 g/mol. The van der Waals surface area contributed by atoms with E-state index in [4.69, 9.17) is 16.3 Å². The third-order valence-electron chi connectivity index (χ3n) is 2.87. The minimum Gasteiger partial charge on any atom is -0.491 e. The Morgan fingerprint density at radius 1 is 1.37 bits per heavy atom. The number of hydrogen-bond acceptors (Lipinski definition) is 3. The van der Waals surface area contributed by atoms with Gasteiger partial charge in [-0.1, -0.05) is 23.7 Å². The van der Waals surface area contributed by atoms with Crippen LogP contribution in [0.4, 0.5) is 0 Å². The van der Waals surface area contributed by atoms with E-state index in [0.717, 1.165) is 17.9 Å². The fraction of sp³-hybridized carbons (Fsp3) is 0.333. The first-order valence-corrected chi connectivity index (χ1v) is 7.58. The smallest absolute Gasteiger partial charge is 0.138 e. The van der Waals surface area contributed by atoms with Crippen LogP contribution in [0.1, 0.15) is 23.4 Å². The van der Waals surface area contributed by atoms with E-state index in [9.17, 15) is 0 Å². The van der Waals surface area contributed by atoms with Gasteiger partial charge in [0.1, 0.15) is 12.4 Å². The van der Waals surface area contributed by atoms with Gasteiger partial charge < -0.3 is 10.1 Å². The van der Waals surface area contributed by atoms with Gasteiger partial charge in [-0.25, -0.2) is 0 Å². The number of benzene rings is 1. The van der Waals surface area contributed by atoms with Crippen molar-refractivity contribution in [2.24, 2.45) is 0 Å². The van der Waals surface area contributed by atoms with Crippen molar-refractivity contribution in [3.8, 4) is 5.75 Å². The molecule has 0 amide bonds. The van der Waals surface area contributed by atoms with Gasteiger partial charge in [0.25, 0.3) is 0 Å². The number of rotatable bonds is 6. The molecule has 0 fully saturated rings. The van der Waals surface area contributed by atoms with Gasteiger partial charge >= 0.3 is 0 Å². The first-order valence-electron chi connectivity index (χ1n) is 6.32. The van der Waals surface area contributed by atoms with E-state index in [1.165, 1.54) is 4.88 Å². The summed E-state index contributed by atoms with van der Waals surface area (Å²) in [6.07, 6.45) is 0. The van der Waals surface area contributed by atoms with Crippen LogP contribution < -0.4 is 10.1 Å². The standard InChI is InChI=1S/C15H18ClNOS/c1-11-5-6-13(16)14(10-11)18-8-7-17-12(2)15-4-3-9-19-15/h3-6,9-10,12,17H,7-8H2,1-2H3. The maximum atomic E-state index is 6.08. The molecule has 1 unspecified atom stereocenters. The normalized spacial score (nSPS) is 12.4. The van der Waals surface area contributed by atoms with E-state index >= 15 is 0 Å². The predicted molar refractivity (Wildman–Crippen MR) is 82.4 cm³/mol. The second kappa shape index (κ2) is 6.94. The first kappa shape index (κ1) is 14.4. The average molecular weight is 296 g/mol. The molecular formula is C15H18ClNOS. The van der Waals surface area contributed by atoms with E-state index in [0.29, 0.717) is 17.7 Å². The van der Waals surface area contributed by atoms with Gasteiger partial charge in [0.2, 0.25) is 0 Å². The van der Waals surface area contributed by atoms with E-state index < -0.39 is 0 Å². The van der Waals surface area contributed by atoms with Gasteiger partial charge in [0, 0.05) is 17.5 Å². The highest BCUT2D eigenvalue weighted by molar-refractivity contribution is 7.10. The van der Waals surface area contributed by atoms with Crippen molar-refractivity contribution < 1.29 is 4.74 Å². The third kappa shape index (κ3) is 4.23.